The van der Waals surface area contributed by atoms with E-state index in [1.807, 2.05) is 31.2 Å². The van der Waals surface area contributed by atoms with Crippen LogP contribution in [0.2, 0.25) is 0 Å². The van der Waals surface area contributed by atoms with E-state index in [1.54, 1.807) is 18.9 Å². The van der Waals surface area contributed by atoms with Crippen molar-refractivity contribution < 1.29 is 19.1 Å². The molecule has 1 aromatic carbocycles. The van der Waals surface area contributed by atoms with Gasteiger partial charge in [0.2, 0.25) is 5.91 Å². The molecule has 0 radical (unpaired) electrons. The van der Waals surface area contributed by atoms with Gasteiger partial charge in [-0.25, -0.2) is 0 Å². The van der Waals surface area contributed by atoms with Crippen molar-refractivity contribution in [2.24, 2.45) is 0 Å². The molecular weight excluding hydrogens is 270 g/mol. The number of hydrogen-bond acceptors (Lipinski definition) is 4. The highest BCUT2D eigenvalue weighted by Gasteiger charge is 2.14. The summed E-state index contributed by atoms with van der Waals surface area (Å²) >= 11 is 0. The minimum absolute atomic E-state index is 0.00645. The third-order valence-electron chi connectivity index (χ3n) is 3.14. The molecule has 0 unspecified atom stereocenters. The van der Waals surface area contributed by atoms with Crippen molar-refractivity contribution in [1.29, 1.82) is 0 Å². The number of esters is 1. The molecule has 116 valence electrons. The van der Waals surface area contributed by atoms with Crippen molar-refractivity contribution in [3.05, 3.63) is 29.8 Å². The Morgan fingerprint density at radius 2 is 1.81 bits per heavy atom. The number of ether oxygens (including phenoxy) is 2. The number of carbonyl (C=O) groups excluding carboxylic acids is 2. The van der Waals surface area contributed by atoms with Crippen LogP contribution in [0, 0.1) is 0 Å². The molecule has 0 spiro atoms. The number of carbonyl (C=O) groups is 2. The Kier molecular flexibility index (Phi) is 7.29. The zero-order chi connectivity index (χ0) is 15.7. The van der Waals surface area contributed by atoms with Gasteiger partial charge in [0.1, 0.15) is 5.75 Å². The second-order valence-corrected chi connectivity index (χ2v) is 4.55. The van der Waals surface area contributed by atoms with Crippen LogP contribution in [0.1, 0.15) is 25.8 Å². The van der Waals surface area contributed by atoms with E-state index in [1.165, 1.54) is 0 Å². The number of rotatable bonds is 8. The lowest BCUT2D eigenvalue weighted by molar-refractivity contribution is -0.144. The van der Waals surface area contributed by atoms with Gasteiger partial charge in [-0.2, -0.15) is 0 Å². The van der Waals surface area contributed by atoms with Gasteiger partial charge in [-0.05, 0) is 31.5 Å². The molecule has 1 amide bonds. The molecule has 0 N–H and O–H groups in total. The van der Waals surface area contributed by atoms with Gasteiger partial charge in [-0.3, -0.25) is 9.59 Å². The molecule has 5 nitrogen and oxygen atoms in total. The number of amides is 1. The van der Waals surface area contributed by atoms with Crippen LogP contribution in [0.15, 0.2) is 24.3 Å². The normalized spacial score (nSPS) is 10.0. The van der Waals surface area contributed by atoms with E-state index < -0.39 is 0 Å². The van der Waals surface area contributed by atoms with Gasteiger partial charge in [-0.15, -0.1) is 0 Å². The zero-order valence-corrected chi connectivity index (χ0v) is 12.9. The van der Waals surface area contributed by atoms with Gasteiger partial charge in [0, 0.05) is 13.1 Å². The molecule has 0 bridgehead atoms. The molecule has 1 rings (SSSR count). The Labute approximate surface area is 125 Å². The average Bonchev–Trinajstić information content (AvgIpc) is 2.49. The monoisotopic (exact) mass is 293 g/mol. The van der Waals surface area contributed by atoms with E-state index in [2.05, 4.69) is 0 Å². The predicted molar refractivity (Wildman–Crippen MR) is 80.2 cm³/mol. The molecule has 5 heteroatoms. The summed E-state index contributed by atoms with van der Waals surface area (Å²) in [5, 5.41) is 0. The molecule has 0 aromatic heterocycles. The molecule has 0 heterocycles. The number of nitrogens with zero attached hydrogens (tertiary/aromatic N) is 1. The quantitative estimate of drug-likeness (QED) is 0.688. The van der Waals surface area contributed by atoms with Crippen LogP contribution in [0.4, 0.5) is 0 Å². The number of likely N-dealkylation sites (N-methyl/N-ethyl adjacent to an activating group) is 1. The van der Waals surface area contributed by atoms with E-state index in [9.17, 15) is 9.59 Å². The lowest BCUT2D eigenvalue weighted by Gasteiger charge is -2.20. The topological polar surface area (TPSA) is 55.8 Å². The van der Waals surface area contributed by atoms with Crippen LogP contribution in [0.3, 0.4) is 0 Å². The van der Waals surface area contributed by atoms with Crippen molar-refractivity contribution in [1.82, 2.24) is 4.90 Å². The maximum absolute atomic E-state index is 12.2. The largest absolute Gasteiger partial charge is 0.497 e. The number of methoxy groups -OCH3 is 1. The Bertz CT molecular complexity index is 456. The first-order chi connectivity index (χ1) is 10.1. The lowest BCUT2D eigenvalue weighted by atomic mass is 10.1. The summed E-state index contributed by atoms with van der Waals surface area (Å²) in [5.74, 6) is 0.501. The van der Waals surface area contributed by atoms with Crippen LogP contribution < -0.4 is 4.74 Å². The lowest BCUT2D eigenvalue weighted by Crippen LogP contribution is -2.34. The third-order valence-corrected chi connectivity index (χ3v) is 3.14. The van der Waals surface area contributed by atoms with E-state index in [-0.39, 0.29) is 18.3 Å². The van der Waals surface area contributed by atoms with E-state index in [4.69, 9.17) is 9.47 Å². The van der Waals surface area contributed by atoms with E-state index in [0.29, 0.717) is 26.1 Å². The Morgan fingerprint density at radius 1 is 1.14 bits per heavy atom. The molecule has 0 aliphatic rings. The van der Waals surface area contributed by atoms with Crippen molar-refractivity contribution in [2.75, 3.05) is 26.8 Å². The Hall–Kier alpha value is -2.04. The fourth-order valence-electron chi connectivity index (χ4n) is 1.95. The second kappa shape index (κ2) is 9.00. The standard InChI is InChI=1S/C16H23NO4/c1-4-17(11-10-16(19)21-5-2)15(18)12-13-6-8-14(20-3)9-7-13/h6-9H,4-5,10-12H2,1-3H3. The van der Waals surface area contributed by atoms with Gasteiger partial charge in [0.05, 0.1) is 26.6 Å². The first-order valence-electron chi connectivity index (χ1n) is 7.17. The third kappa shape index (κ3) is 5.85. The molecular formula is C16H23NO4. The maximum atomic E-state index is 12.2. The molecule has 0 fully saturated rings. The summed E-state index contributed by atoms with van der Waals surface area (Å²) in [5.41, 5.74) is 0.926. The first-order valence-corrected chi connectivity index (χ1v) is 7.17. The summed E-state index contributed by atoms with van der Waals surface area (Å²) in [6.45, 7) is 5.00. The van der Waals surface area contributed by atoms with Crippen LogP contribution in [-0.4, -0.2) is 43.6 Å². The van der Waals surface area contributed by atoms with E-state index in [0.717, 1.165) is 11.3 Å². The summed E-state index contributed by atoms with van der Waals surface area (Å²) in [4.78, 5) is 25.2. The van der Waals surface area contributed by atoms with Gasteiger partial charge in [0.15, 0.2) is 0 Å². The Morgan fingerprint density at radius 3 is 2.33 bits per heavy atom. The zero-order valence-electron chi connectivity index (χ0n) is 12.9. The summed E-state index contributed by atoms with van der Waals surface area (Å²) in [7, 11) is 1.61. The second-order valence-electron chi connectivity index (χ2n) is 4.55. The van der Waals surface area contributed by atoms with Gasteiger partial charge in [-0.1, -0.05) is 12.1 Å². The molecule has 21 heavy (non-hydrogen) atoms. The average molecular weight is 293 g/mol. The first kappa shape index (κ1) is 17.0. The highest BCUT2D eigenvalue weighted by molar-refractivity contribution is 5.79. The smallest absolute Gasteiger partial charge is 0.307 e. The molecule has 0 atom stereocenters. The minimum atomic E-state index is -0.270. The minimum Gasteiger partial charge on any atom is -0.497 e. The van der Waals surface area contributed by atoms with E-state index >= 15 is 0 Å². The molecule has 0 aliphatic carbocycles. The molecule has 0 saturated heterocycles. The summed E-state index contributed by atoms with van der Waals surface area (Å²) in [6.07, 6.45) is 0.552. The van der Waals surface area contributed by atoms with Crippen molar-refractivity contribution >= 4 is 11.9 Å². The SMILES string of the molecule is CCOC(=O)CCN(CC)C(=O)Cc1ccc(OC)cc1. The predicted octanol–water partition coefficient (Wildman–Crippen LogP) is 2.04. The maximum Gasteiger partial charge on any atom is 0.307 e. The van der Waals surface area contributed by atoms with Crippen molar-refractivity contribution in [3.63, 3.8) is 0 Å². The fourth-order valence-corrected chi connectivity index (χ4v) is 1.95. The molecule has 0 aliphatic heterocycles. The van der Waals surface area contributed by atoms with Crippen LogP contribution in [-0.2, 0) is 20.7 Å². The van der Waals surface area contributed by atoms with Gasteiger partial charge < -0.3 is 14.4 Å². The summed E-state index contributed by atoms with van der Waals surface area (Å²) < 4.78 is 9.95. The van der Waals surface area contributed by atoms with Crippen LogP contribution in [0.5, 0.6) is 5.75 Å². The number of hydrogen-bond donors (Lipinski definition) is 0. The highest BCUT2D eigenvalue weighted by atomic mass is 16.5. The highest BCUT2D eigenvalue weighted by Crippen LogP contribution is 2.12. The van der Waals surface area contributed by atoms with Gasteiger partial charge >= 0.3 is 5.97 Å². The fraction of sp³-hybridized carbons (Fsp3) is 0.500. The van der Waals surface area contributed by atoms with Crippen LogP contribution >= 0.6 is 0 Å². The van der Waals surface area contributed by atoms with Crippen molar-refractivity contribution in [3.8, 4) is 5.75 Å². The Balaban J connectivity index is 2.51. The van der Waals surface area contributed by atoms with Crippen molar-refractivity contribution in [2.45, 2.75) is 26.7 Å². The van der Waals surface area contributed by atoms with Gasteiger partial charge in [0.25, 0.3) is 0 Å². The summed E-state index contributed by atoms with van der Waals surface area (Å²) in [6, 6.07) is 7.40. The molecule has 0 saturated carbocycles. The number of benzene rings is 1. The molecule has 1 aromatic rings. The van der Waals surface area contributed by atoms with Crippen LogP contribution in [0.25, 0.3) is 0 Å².